The summed E-state index contributed by atoms with van der Waals surface area (Å²) in [5.74, 6) is -0.237. The van der Waals surface area contributed by atoms with Gasteiger partial charge < -0.3 is 15.7 Å². The largest absolute Gasteiger partial charge is 0.433 e. The standard InChI is InChI=1S/C21H19F6N5OS/c1-11-6-12(8-13(7-11)31-18-29-4-2-15(32-18)20(22,23)24)14-10-30-17(34-14)19(33)3-5-28-16(9-19)21(25,26)27/h2,4,6-8,10,16,28,33H,3,5,9H2,1H3,(H,29,31,32). The van der Waals surface area contributed by atoms with E-state index in [9.17, 15) is 31.4 Å². The molecule has 34 heavy (non-hydrogen) atoms. The number of hydrogen-bond donors (Lipinski definition) is 3. The molecule has 182 valence electrons. The van der Waals surface area contributed by atoms with Crippen molar-refractivity contribution in [2.24, 2.45) is 0 Å². The molecule has 3 N–H and O–H groups in total. The van der Waals surface area contributed by atoms with E-state index in [4.69, 9.17) is 0 Å². The van der Waals surface area contributed by atoms with E-state index < -0.39 is 36.1 Å². The third kappa shape index (κ3) is 5.31. The van der Waals surface area contributed by atoms with Gasteiger partial charge in [-0.25, -0.2) is 15.0 Å². The maximum absolute atomic E-state index is 13.2. The smallest absolute Gasteiger partial charge is 0.383 e. The summed E-state index contributed by atoms with van der Waals surface area (Å²) in [6.45, 7) is 1.77. The fraction of sp³-hybridized carbons (Fsp3) is 0.381. The first-order chi connectivity index (χ1) is 15.8. The fourth-order valence-corrected chi connectivity index (χ4v) is 4.75. The van der Waals surface area contributed by atoms with Crippen LogP contribution in [0.1, 0.15) is 29.1 Å². The van der Waals surface area contributed by atoms with E-state index in [1.54, 1.807) is 25.1 Å². The van der Waals surface area contributed by atoms with Gasteiger partial charge in [0.25, 0.3) is 0 Å². The number of benzene rings is 1. The Hall–Kier alpha value is -2.77. The molecule has 1 saturated heterocycles. The highest BCUT2D eigenvalue weighted by molar-refractivity contribution is 7.15. The van der Waals surface area contributed by atoms with Gasteiger partial charge in [-0.15, -0.1) is 11.3 Å². The van der Waals surface area contributed by atoms with Crippen molar-refractivity contribution in [3.8, 4) is 10.4 Å². The van der Waals surface area contributed by atoms with E-state index in [0.29, 0.717) is 16.1 Å². The zero-order valence-corrected chi connectivity index (χ0v) is 18.4. The van der Waals surface area contributed by atoms with Crippen molar-refractivity contribution in [1.29, 1.82) is 0 Å². The van der Waals surface area contributed by atoms with Gasteiger partial charge in [-0.3, -0.25) is 0 Å². The van der Waals surface area contributed by atoms with Crippen LogP contribution in [-0.2, 0) is 11.8 Å². The molecule has 0 amide bonds. The maximum atomic E-state index is 13.2. The van der Waals surface area contributed by atoms with Crippen LogP contribution in [0.5, 0.6) is 0 Å². The monoisotopic (exact) mass is 503 g/mol. The average molecular weight is 503 g/mol. The van der Waals surface area contributed by atoms with Gasteiger partial charge in [0, 0.05) is 24.5 Å². The Morgan fingerprint density at radius 2 is 1.91 bits per heavy atom. The summed E-state index contributed by atoms with van der Waals surface area (Å²) in [4.78, 5) is 12.1. The number of thiazole rings is 1. The van der Waals surface area contributed by atoms with E-state index >= 15 is 0 Å². The molecule has 2 atom stereocenters. The molecule has 3 heterocycles. The van der Waals surface area contributed by atoms with Gasteiger partial charge in [-0.05, 0) is 49.2 Å². The van der Waals surface area contributed by atoms with Crippen LogP contribution >= 0.6 is 11.3 Å². The zero-order chi connectivity index (χ0) is 24.7. The topological polar surface area (TPSA) is 83.0 Å². The Bertz CT molecular complexity index is 1180. The molecule has 0 saturated carbocycles. The van der Waals surface area contributed by atoms with Crippen LogP contribution in [0.2, 0.25) is 0 Å². The molecular weight excluding hydrogens is 484 g/mol. The molecule has 1 fully saturated rings. The van der Waals surface area contributed by atoms with Crippen molar-refractivity contribution in [2.45, 2.75) is 43.8 Å². The number of aliphatic hydroxyl groups is 1. The Kier molecular flexibility index (Phi) is 6.29. The minimum atomic E-state index is -4.61. The van der Waals surface area contributed by atoms with Crippen LogP contribution in [0.3, 0.4) is 0 Å². The second-order valence-corrected chi connectivity index (χ2v) is 9.07. The lowest BCUT2D eigenvalue weighted by Crippen LogP contribution is -2.53. The molecule has 1 aromatic carbocycles. The normalized spacial score (nSPS) is 21.5. The molecule has 0 aliphatic carbocycles. The Morgan fingerprint density at radius 3 is 2.62 bits per heavy atom. The van der Waals surface area contributed by atoms with Crippen LogP contribution in [0.25, 0.3) is 10.4 Å². The summed E-state index contributed by atoms with van der Waals surface area (Å²) in [6, 6.07) is 4.05. The fourth-order valence-electron chi connectivity index (χ4n) is 3.72. The highest BCUT2D eigenvalue weighted by atomic mass is 32.1. The Labute approximate surface area is 194 Å². The first-order valence-electron chi connectivity index (χ1n) is 10.1. The number of nitrogens with one attached hydrogen (secondary N) is 2. The minimum Gasteiger partial charge on any atom is -0.383 e. The summed E-state index contributed by atoms with van der Waals surface area (Å²) in [7, 11) is 0. The van der Waals surface area contributed by atoms with Gasteiger partial charge in [0.15, 0.2) is 0 Å². The summed E-state index contributed by atoms with van der Waals surface area (Å²) >= 11 is 1.07. The summed E-state index contributed by atoms with van der Waals surface area (Å²) in [5, 5.41) is 16.2. The van der Waals surface area contributed by atoms with E-state index in [1.165, 1.54) is 6.20 Å². The second kappa shape index (κ2) is 8.78. The Balaban J connectivity index is 1.59. The molecule has 6 nitrogen and oxygen atoms in total. The molecular formula is C21H19F6N5OS. The molecule has 0 radical (unpaired) electrons. The second-order valence-electron chi connectivity index (χ2n) is 8.04. The van der Waals surface area contributed by atoms with Gasteiger partial charge in [0.1, 0.15) is 22.3 Å². The first kappa shape index (κ1) is 24.4. The van der Waals surface area contributed by atoms with E-state index in [0.717, 1.165) is 29.2 Å². The number of hydrogen-bond acceptors (Lipinski definition) is 7. The first-order valence-corrected chi connectivity index (χ1v) is 10.9. The molecule has 2 unspecified atom stereocenters. The number of anilines is 2. The lowest BCUT2D eigenvalue weighted by atomic mass is 9.88. The van der Waals surface area contributed by atoms with Crippen molar-refractivity contribution in [3.63, 3.8) is 0 Å². The van der Waals surface area contributed by atoms with Gasteiger partial charge in [0.05, 0.1) is 4.88 Å². The van der Waals surface area contributed by atoms with Crippen LogP contribution in [0.4, 0.5) is 38.0 Å². The maximum Gasteiger partial charge on any atom is 0.433 e. The van der Waals surface area contributed by atoms with Crippen LogP contribution in [0, 0.1) is 6.92 Å². The summed E-state index contributed by atoms with van der Waals surface area (Å²) in [5.41, 5.74) is -0.993. The van der Waals surface area contributed by atoms with E-state index in [2.05, 4.69) is 25.6 Å². The number of alkyl halides is 6. The number of piperidine rings is 1. The van der Waals surface area contributed by atoms with Crippen molar-refractivity contribution >= 4 is 23.0 Å². The zero-order valence-electron chi connectivity index (χ0n) is 17.6. The lowest BCUT2D eigenvalue weighted by molar-refractivity contribution is -0.179. The highest BCUT2D eigenvalue weighted by Crippen LogP contribution is 2.41. The Morgan fingerprint density at radius 1 is 1.15 bits per heavy atom. The van der Waals surface area contributed by atoms with Crippen molar-refractivity contribution in [1.82, 2.24) is 20.3 Å². The number of rotatable bonds is 4. The third-order valence-electron chi connectivity index (χ3n) is 5.33. The summed E-state index contributed by atoms with van der Waals surface area (Å²) in [6.07, 6.45) is -7.11. The number of aromatic nitrogens is 3. The van der Waals surface area contributed by atoms with Crippen LogP contribution in [0.15, 0.2) is 36.7 Å². The quantitative estimate of drug-likeness (QED) is 0.426. The van der Waals surface area contributed by atoms with E-state index in [1.807, 2.05) is 0 Å². The van der Waals surface area contributed by atoms with Crippen molar-refractivity contribution in [2.75, 3.05) is 11.9 Å². The van der Waals surface area contributed by atoms with Crippen molar-refractivity contribution < 1.29 is 31.4 Å². The number of aryl methyl sites for hydroxylation is 1. The number of nitrogens with zero attached hydrogens (tertiary/aromatic N) is 3. The molecule has 0 bridgehead atoms. The lowest BCUT2D eigenvalue weighted by Gasteiger charge is -2.36. The van der Waals surface area contributed by atoms with Crippen LogP contribution in [-0.4, -0.2) is 38.8 Å². The minimum absolute atomic E-state index is 0.00884. The SMILES string of the molecule is Cc1cc(Nc2nccc(C(F)(F)F)n2)cc(-c2cnc(C3(O)CCNC(C(F)(F)F)C3)s2)c1. The molecule has 1 aliphatic heterocycles. The van der Waals surface area contributed by atoms with Gasteiger partial charge in [0.2, 0.25) is 5.95 Å². The molecule has 4 rings (SSSR count). The third-order valence-corrected chi connectivity index (χ3v) is 6.57. The molecule has 2 aromatic heterocycles. The van der Waals surface area contributed by atoms with Gasteiger partial charge in [-0.2, -0.15) is 26.3 Å². The van der Waals surface area contributed by atoms with Crippen LogP contribution < -0.4 is 10.6 Å². The van der Waals surface area contributed by atoms with Gasteiger partial charge in [-0.1, -0.05) is 6.07 Å². The number of halogens is 6. The van der Waals surface area contributed by atoms with Crippen molar-refractivity contribution in [3.05, 3.63) is 52.9 Å². The molecule has 13 heteroatoms. The predicted octanol–water partition coefficient (Wildman–Crippen LogP) is 5.17. The highest BCUT2D eigenvalue weighted by Gasteiger charge is 2.48. The molecule has 1 aliphatic rings. The van der Waals surface area contributed by atoms with Gasteiger partial charge >= 0.3 is 12.4 Å². The molecule has 0 spiro atoms. The molecule has 3 aromatic rings. The summed E-state index contributed by atoms with van der Waals surface area (Å²) < 4.78 is 78.2. The predicted molar refractivity (Wildman–Crippen MR) is 114 cm³/mol. The average Bonchev–Trinajstić information content (AvgIpc) is 3.24. The van der Waals surface area contributed by atoms with E-state index in [-0.39, 0.29) is 23.9 Å².